The highest BCUT2D eigenvalue weighted by molar-refractivity contribution is 7.86. The van der Waals surface area contributed by atoms with Crippen LogP contribution in [0.2, 0.25) is 0 Å². The first kappa shape index (κ1) is 12.5. The van der Waals surface area contributed by atoms with Gasteiger partial charge >= 0.3 is 0 Å². The Morgan fingerprint density at radius 1 is 1.41 bits per heavy atom. The minimum absolute atomic E-state index is 0.113. The molecule has 1 fully saturated rings. The maximum Gasteiger partial charge on any atom is 0.264 e. The Kier molecular flexibility index (Phi) is 3.76. The molecule has 94 valence electrons. The molecule has 0 N–H and O–H groups in total. The van der Waals surface area contributed by atoms with E-state index in [1.165, 1.54) is 0 Å². The van der Waals surface area contributed by atoms with Gasteiger partial charge in [0.05, 0.1) is 18.5 Å². The molecule has 1 aromatic rings. The first-order valence-corrected chi connectivity index (χ1v) is 7.26. The van der Waals surface area contributed by atoms with Crippen molar-refractivity contribution in [3.63, 3.8) is 0 Å². The van der Waals surface area contributed by atoms with E-state index in [0.717, 1.165) is 11.8 Å². The van der Waals surface area contributed by atoms with Crippen molar-refractivity contribution >= 4 is 10.1 Å². The van der Waals surface area contributed by atoms with Gasteiger partial charge in [0.1, 0.15) is 0 Å². The quantitative estimate of drug-likeness (QED) is 0.763. The topological polar surface area (TPSA) is 65.5 Å². The largest absolute Gasteiger partial charge is 0.373 e. The summed E-state index contributed by atoms with van der Waals surface area (Å²) < 4.78 is 32.8. The van der Waals surface area contributed by atoms with Crippen LogP contribution in [0.5, 0.6) is 0 Å². The van der Waals surface area contributed by atoms with Crippen molar-refractivity contribution < 1.29 is 17.3 Å². The van der Waals surface area contributed by atoms with Crippen molar-refractivity contribution in [1.82, 2.24) is 4.98 Å². The van der Waals surface area contributed by atoms with Crippen molar-refractivity contribution in [2.24, 2.45) is 0 Å². The third-order valence-electron chi connectivity index (χ3n) is 2.62. The summed E-state index contributed by atoms with van der Waals surface area (Å²) in [5.41, 5.74) is 1.00. The molecule has 0 spiro atoms. The van der Waals surface area contributed by atoms with Gasteiger partial charge in [0.25, 0.3) is 10.1 Å². The van der Waals surface area contributed by atoms with Crippen molar-refractivity contribution in [3.8, 4) is 0 Å². The number of hydrogen-bond acceptors (Lipinski definition) is 5. The first-order valence-electron chi connectivity index (χ1n) is 5.44. The Bertz CT molecular complexity index is 460. The number of nitrogens with zero attached hydrogens (tertiary/aromatic N) is 1. The van der Waals surface area contributed by atoms with Crippen LogP contribution < -0.4 is 0 Å². The second-order valence-corrected chi connectivity index (χ2v) is 5.69. The average Bonchev–Trinajstić information content (AvgIpc) is 2.28. The van der Waals surface area contributed by atoms with Gasteiger partial charge in [-0.3, -0.25) is 9.17 Å². The number of rotatable bonds is 3. The van der Waals surface area contributed by atoms with Crippen LogP contribution in [-0.4, -0.2) is 32.4 Å². The molecule has 1 aliphatic heterocycles. The van der Waals surface area contributed by atoms with Gasteiger partial charge in [-0.1, -0.05) is 0 Å². The molecule has 0 amide bonds. The van der Waals surface area contributed by atoms with Crippen molar-refractivity contribution in [2.75, 3.05) is 12.9 Å². The first-order chi connectivity index (χ1) is 8.04. The summed E-state index contributed by atoms with van der Waals surface area (Å²) in [5.74, 6) is 0. The summed E-state index contributed by atoms with van der Waals surface area (Å²) >= 11 is 0. The van der Waals surface area contributed by atoms with E-state index in [9.17, 15) is 8.42 Å². The monoisotopic (exact) mass is 257 g/mol. The van der Waals surface area contributed by atoms with E-state index in [4.69, 9.17) is 8.92 Å². The summed E-state index contributed by atoms with van der Waals surface area (Å²) in [6.45, 7) is 0.507. The zero-order valence-corrected chi connectivity index (χ0v) is 10.4. The van der Waals surface area contributed by atoms with E-state index in [1.54, 1.807) is 12.4 Å². The standard InChI is InChI=1S/C11H15NO4S/c1-17(13,14)16-10-4-7-15-11(8-10)9-2-5-12-6-3-9/h2-3,5-6,10-11H,4,7-8H2,1H3/t10-,11+/m0/s1. The molecule has 0 bridgehead atoms. The van der Waals surface area contributed by atoms with Gasteiger partial charge in [-0.25, -0.2) is 0 Å². The Morgan fingerprint density at radius 2 is 2.12 bits per heavy atom. The third-order valence-corrected chi connectivity index (χ3v) is 3.25. The fraction of sp³-hybridized carbons (Fsp3) is 0.545. The molecule has 2 heterocycles. The van der Waals surface area contributed by atoms with E-state index in [0.29, 0.717) is 19.4 Å². The lowest BCUT2D eigenvalue weighted by molar-refractivity contribution is -0.0342. The van der Waals surface area contributed by atoms with Crippen LogP contribution in [0.25, 0.3) is 0 Å². The van der Waals surface area contributed by atoms with E-state index >= 15 is 0 Å². The lowest BCUT2D eigenvalue weighted by Crippen LogP contribution is -2.28. The highest BCUT2D eigenvalue weighted by Gasteiger charge is 2.26. The summed E-state index contributed by atoms with van der Waals surface area (Å²) in [7, 11) is -3.40. The second-order valence-electron chi connectivity index (χ2n) is 4.09. The molecule has 17 heavy (non-hydrogen) atoms. The Balaban J connectivity index is 2.03. The molecule has 1 aromatic heterocycles. The van der Waals surface area contributed by atoms with Gasteiger partial charge in [-0.05, 0) is 24.1 Å². The molecule has 1 saturated heterocycles. The average molecular weight is 257 g/mol. The van der Waals surface area contributed by atoms with E-state index in [2.05, 4.69) is 4.98 Å². The molecule has 0 radical (unpaired) electrons. The van der Waals surface area contributed by atoms with Crippen LogP contribution in [-0.2, 0) is 19.0 Å². The van der Waals surface area contributed by atoms with Gasteiger partial charge in [-0.2, -0.15) is 8.42 Å². The van der Waals surface area contributed by atoms with Gasteiger partial charge in [0, 0.05) is 25.4 Å². The molecule has 1 aliphatic rings. The summed E-state index contributed by atoms with van der Waals surface area (Å²) in [6.07, 6.45) is 5.21. The highest BCUT2D eigenvalue weighted by Crippen LogP contribution is 2.29. The summed E-state index contributed by atoms with van der Waals surface area (Å²) in [4.78, 5) is 3.94. The Morgan fingerprint density at radius 3 is 2.76 bits per heavy atom. The molecule has 0 saturated carbocycles. The smallest absolute Gasteiger partial charge is 0.264 e. The Labute approximate surface area is 101 Å². The minimum Gasteiger partial charge on any atom is -0.373 e. The van der Waals surface area contributed by atoms with Crippen LogP contribution in [0.15, 0.2) is 24.5 Å². The molecule has 0 unspecified atom stereocenters. The van der Waals surface area contributed by atoms with Gasteiger partial charge < -0.3 is 4.74 Å². The summed E-state index contributed by atoms with van der Waals surface area (Å²) in [6, 6.07) is 3.74. The minimum atomic E-state index is -3.40. The Hall–Kier alpha value is -0.980. The third kappa shape index (κ3) is 3.76. The lowest BCUT2D eigenvalue weighted by atomic mass is 10.0. The van der Waals surface area contributed by atoms with E-state index in [-0.39, 0.29) is 12.2 Å². The van der Waals surface area contributed by atoms with Crippen molar-refractivity contribution in [3.05, 3.63) is 30.1 Å². The van der Waals surface area contributed by atoms with Crippen LogP contribution in [0.3, 0.4) is 0 Å². The van der Waals surface area contributed by atoms with Crippen LogP contribution >= 0.6 is 0 Å². The second kappa shape index (κ2) is 5.12. The van der Waals surface area contributed by atoms with Gasteiger partial charge in [-0.15, -0.1) is 0 Å². The molecule has 6 heteroatoms. The van der Waals surface area contributed by atoms with Crippen LogP contribution in [0.4, 0.5) is 0 Å². The van der Waals surface area contributed by atoms with E-state index < -0.39 is 10.1 Å². The molecular weight excluding hydrogens is 242 g/mol. The fourth-order valence-corrected chi connectivity index (χ4v) is 2.58. The number of pyridine rings is 1. The number of hydrogen-bond donors (Lipinski definition) is 0. The molecule has 2 atom stereocenters. The molecule has 2 rings (SSSR count). The van der Waals surface area contributed by atoms with Crippen LogP contribution in [0.1, 0.15) is 24.5 Å². The SMILES string of the molecule is CS(=O)(=O)O[C@H]1CCO[C@@H](c2ccncc2)C1. The normalized spacial score (nSPS) is 25.7. The van der Waals surface area contributed by atoms with Crippen molar-refractivity contribution in [1.29, 1.82) is 0 Å². The predicted molar refractivity (Wildman–Crippen MR) is 61.9 cm³/mol. The predicted octanol–water partition coefficient (Wildman–Crippen LogP) is 1.28. The van der Waals surface area contributed by atoms with Crippen LogP contribution in [0, 0.1) is 0 Å². The van der Waals surface area contributed by atoms with Gasteiger partial charge in [0.15, 0.2) is 0 Å². The maximum atomic E-state index is 11.1. The van der Waals surface area contributed by atoms with Gasteiger partial charge in [0.2, 0.25) is 0 Å². The zero-order valence-electron chi connectivity index (χ0n) is 9.57. The number of ether oxygens (including phenoxy) is 1. The summed E-state index contributed by atoms with van der Waals surface area (Å²) in [5, 5.41) is 0. The fourth-order valence-electron chi connectivity index (χ4n) is 1.91. The van der Waals surface area contributed by atoms with Crippen molar-refractivity contribution in [2.45, 2.75) is 25.0 Å². The van der Waals surface area contributed by atoms with E-state index in [1.807, 2.05) is 12.1 Å². The molecule has 0 aromatic carbocycles. The highest BCUT2D eigenvalue weighted by atomic mass is 32.2. The zero-order chi connectivity index (χ0) is 12.3. The molecular formula is C11H15NO4S. The number of aromatic nitrogens is 1. The molecule has 0 aliphatic carbocycles. The molecule has 5 nitrogen and oxygen atoms in total. The lowest BCUT2D eigenvalue weighted by Gasteiger charge is -2.28. The maximum absolute atomic E-state index is 11.1.